The standard InChI is InChI=1S/C18H29N5O2/c1-21(2)8-9-25-13-15-11-23(12-16-18(15)22(3)20-19-16)17(24)10-14-6-4-5-7-14/h4,6,14-15H,5,7-13H2,1-3H3/t14-,15+/m1/s1. The summed E-state index contributed by atoms with van der Waals surface area (Å²) in [5.41, 5.74) is 2.01. The van der Waals surface area contributed by atoms with Gasteiger partial charge in [-0.15, -0.1) is 5.10 Å². The van der Waals surface area contributed by atoms with E-state index in [1.165, 1.54) is 0 Å². The Morgan fingerprint density at radius 1 is 1.44 bits per heavy atom. The van der Waals surface area contributed by atoms with E-state index in [-0.39, 0.29) is 11.8 Å². The summed E-state index contributed by atoms with van der Waals surface area (Å²) in [6.07, 6.45) is 7.13. The fourth-order valence-corrected chi connectivity index (χ4v) is 3.63. The van der Waals surface area contributed by atoms with Gasteiger partial charge in [0.05, 0.1) is 25.5 Å². The van der Waals surface area contributed by atoms with Gasteiger partial charge >= 0.3 is 0 Å². The number of carbonyl (C=O) groups excluding carboxylic acids is 1. The summed E-state index contributed by atoms with van der Waals surface area (Å²) in [6.45, 7) is 3.41. The SMILES string of the molecule is CN(C)CCOC[C@@H]1CN(C(=O)C[C@@H]2C=CCC2)Cc2nnn(C)c21. The molecule has 25 heavy (non-hydrogen) atoms. The van der Waals surface area contributed by atoms with E-state index >= 15 is 0 Å². The molecule has 0 radical (unpaired) electrons. The molecule has 0 saturated heterocycles. The number of rotatable bonds is 7. The lowest BCUT2D eigenvalue weighted by Crippen LogP contribution is -2.40. The number of nitrogens with zero attached hydrogens (tertiary/aromatic N) is 5. The first kappa shape index (κ1) is 18.1. The van der Waals surface area contributed by atoms with E-state index in [0.29, 0.717) is 38.6 Å². The predicted molar refractivity (Wildman–Crippen MR) is 95.0 cm³/mol. The average Bonchev–Trinajstić information content (AvgIpc) is 3.21. The lowest BCUT2D eigenvalue weighted by molar-refractivity contribution is -0.133. The molecule has 0 aromatic carbocycles. The van der Waals surface area contributed by atoms with Gasteiger partial charge in [-0.05, 0) is 32.9 Å². The fourth-order valence-electron chi connectivity index (χ4n) is 3.63. The van der Waals surface area contributed by atoms with E-state index in [1.807, 2.05) is 30.7 Å². The van der Waals surface area contributed by atoms with Gasteiger partial charge in [0.1, 0.15) is 5.69 Å². The molecule has 1 aliphatic carbocycles. The number of aryl methyl sites for hydroxylation is 1. The zero-order chi connectivity index (χ0) is 17.8. The monoisotopic (exact) mass is 347 g/mol. The number of amides is 1. The highest BCUT2D eigenvalue weighted by Gasteiger charge is 2.33. The molecule has 0 spiro atoms. The quantitative estimate of drug-likeness (QED) is 0.547. The van der Waals surface area contributed by atoms with Gasteiger partial charge in [0.15, 0.2) is 0 Å². The number of hydrogen-bond acceptors (Lipinski definition) is 5. The van der Waals surface area contributed by atoms with E-state index in [1.54, 1.807) is 0 Å². The second-order valence-electron chi connectivity index (χ2n) is 7.36. The van der Waals surface area contributed by atoms with Gasteiger partial charge in [-0.1, -0.05) is 17.4 Å². The molecule has 1 aliphatic heterocycles. The van der Waals surface area contributed by atoms with Gasteiger partial charge in [0, 0.05) is 32.5 Å². The number of ether oxygens (including phenoxy) is 1. The van der Waals surface area contributed by atoms with Crippen LogP contribution < -0.4 is 0 Å². The number of fused-ring (bicyclic) bond motifs is 1. The van der Waals surface area contributed by atoms with Gasteiger partial charge in [-0.3, -0.25) is 9.48 Å². The molecule has 3 rings (SSSR count). The number of carbonyl (C=O) groups is 1. The van der Waals surface area contributed by atoms with Crippen LogP contribution in [0.15, 0.2) is 12.2 Å². The Morgan fingerprint density at radius 3 is 3.00 bits per heavy atom. The minimum Gasteiger partial charge on any atom is -0.379 e. The molecule has 1 aromatic heterocycles. The van der Waals surface area contributed by atoms with E-state index in [9.17, 15) is 4.79 Å². The van der Waals surface area contributed by atoms with Crippen LogP contribution in [-0.4, -0.2) is 71.1 Å². The normalized spacial score (nSPS) is 22.6. The largest absolute Gasteiger partial charge is 0.379 e. The molecule has 7 nitrogen and oxygen atoms in total. The molecule has 7 heteroatoms. The second-order valence-corrected chi connectivity index (χ2v) is 7.36. The third-order valence-corrected chi connectivity index (χ3v) is 5.02. The summed E-state index contributed by atoms with van der Waals surface area (Å²) in [5, 5.41) is 8.42. The number of allylic oxidation sites excluding steroid dienone is 2. The molecular weight excluding hydrogens is 318 g/mol. The molecule has 1 aromatic rings. The number of hydrogen-bond donors (Lipinski definition) is 0. The zero-order valence-electron chi connectivity index (χ0n) is 15.5. The Labute approximate surface area is 149 Å². The van der Waals surface area contributed by atoms with Crippen molar-refractivity contribution in [1.82, 2.24) is 24.8 Å². The van der Waals surface area contributed by atoms with Crippen molar-refractivity contribution in [2.45, 2.75) is 31.7 Å². The summed E-state index contributed by atoms with van der Waals surface area (Å²) < 4.78 is 7.70. The molecule has 2 aliphatic rings. The molecule has 2 heterocycles. The molecule has 0 unspecified atom stereocenters. The molecule has 0 N–H and O–H groups in total. The summed E-state index contributed by atoms with van der Waals surface area (Å²) in [4.78, 5) is 16.8. The fraction of sp³-hybridized carbons (Fsp3) is 0.722. The highest BCUT2D eigenvalue weighted by atomic mass is 16.5. The van der Waals surface area contributed by atoms with Crippen molar-refractivity contribution in [3.63, 3.8) is 0 Å². The first-order valence-electron chi connectivity index (χ1n) is 9.10. The van der Waals surface area contributed by atoms with Crippen molar-refractivity contribution >= 4 is 5.91 Å². The molecule has 1 amide bonds. The minimum atomic E-state index is 0.133. The van der Waals surface area contributed by atoms with Crippen molar-refractivity contribution in [1.29, 1.82) is 0 Å². The van der Waals surface area contributed by atoms with Crippen LogP contribution in [0.25, 0.3) is 0 Å². The molecule has 138 valence electrons. The van der Waals surface area contributed by atoms with Gasteiger partial charge in [0.2, 0.25) is 5.91 Å². The van der Waals surface area contributed by atoms with Crippen LogP contribution in [0.2, 0.25) is 0 Å². The van der Waals surface area contributed by atoms with Crippen molar-refractivity contribution in [2.75, 3.05) is 40.4 Å². The first-order chi connectivity index (χ1) is 12.0. The summed E-state index contributed by atoms with van der Waals surface area (Å²) in [6, 6.07) is 0. The van der Waals surface area contributed by atoms with Crippen LogP contribution in [0.3, 0.4) is 0 Å². The third-order valence-electron chi connectivity index (χ3n) is 5.02. The first-order valence-corrected chi connectivity index (χ1v) is 9.10. The lowest BCUT2D eigenvalue weighted by atomic mass is 9.97. The summed E-state index contributed by atoms with van der Waals surface area (Å²) >= 11 is 0. The number of aromatic nitrogens is 3. The maximum atomic E-state index is 12.7. The molecule has 0 bridgehead atoms. The predicted octanol–water partition coefficient (Wildman–Crippen LogP) is 1.18. The zero-order valence-corrected chi connectivity index (χ0v) is 15.5. The molecular formula is C18H29N5O2. The van der Waals surface area contributed by atoms with Gasteiger partial charge < -0.3 is 14.5 Å². The topological polar surface area (TPSA) is 63.5 Å². The van der Waals surface area contributed by atoms with E-state index < -0.39 is 0 Å². The highest BCUT2D eigenvalue weighted by molar-refractivity contribution is 5.77. The Bertz CT molecular complexity index is 625. The third kappa shape index (κ3) is 4.46. The Hall–Kier alpha value is -1.73. The van der Waals surface area contributed by atoms with Crippen molar-refractivity contribution in [3.8, 4) is 0 Å². The van der Waals surface area contributed by atoms with Crippen LogP contribution in [0.5, 0.6) is 0 Å². The van der Waals surface area contributed by atoms with Crippen LogP contribution in [0.1, 0.15) is 36.6 Å². The molecule has 2 atom stereocenters. The molecule has 0 fully saturated rings. The van der Waals surface area contributed by atoms with Crippen LogP contribution in [-0.2, 0) is 23.1 Å². The van der Waals surface area contributed by atoms with Gasteiger partial charge in [0.25, 0.3) is 0 Å². The lowest BCUT2D eigenvalue weighted by Gasteiger charge is -2.32. The average molecular weight is 347 g/mol. The van der Waals surface area contributed by atoms with E-state index in [2.05, 4.69) is 27.4 Å². The van der Waals surface area contributed by atoms with Crippen molar-refractivity contribution in [2.24, 2.45) is 13.0 Å². The maximum absolute atomic E-state index is 12.7. The van der Waals surface area contributed by atoms with E-state index in [4.69, 9.17) is 4.74 Å². The Kier molecular flexibility index (Phi) is 5.86. The minimum absolute atomic E-state index is 0.133. The molecule has 0 saturated carbocycles. The van der Waals surface area contributed by atoms with Gasteiger partial charge in [-0.25, -0.2) is 0 Å². The second kappa shape index (κ2) is 8.10. The van der Waals surface area contributed by atoms with E-state index in [0.717, 1.165) is 30.8 Å². The maximum Gasteiger partial charge on any atom is 0.223 e. The summed E-state index contributed by atoms with van der Waals surface area (Å²) in [5.74, 6) is 0.741. The van der Waals surface area contributed by atoms with Crippen molar-refractivity contribution < 1.29 is 9.53 Å². The Balaban J connectivity index is 1.63. The van der Waals surface area contributed by atoms with Crippen LogP contribution in [0, 0.1) is 5.92 Å². The Morgan fingerprint density at radius 2 is 2.28 bits per heavy atom. The van der Waals surface area contributed by atoms with Crippen LogP contribution in [0.4, 0.5) is 0 Å². The highest BCUT2D eigenvalue weighted by Crippen LogP contribution is 2.29. The van der Waals surface area contributed by atoms with Crippen LogP contribution >= 0.6 is 0 Å². The summed E-state index contributed by atoms with van der Waals surface area (Å²) in [7, 11) is 5.98. The van der Waals surface area contributed by atoms with Gasteiger partial charge in [-0.2, -0.15) is 0 Å². The van der Waals surface area contributed by atoms with Crippen molar-refractivity contribution in [3.05, 3.63) is 23.5 Å². The number of likely N-dealkylation sites (N-methyl/N-ethyl adjacent to an activating group) is 1. The smallest absolute Gasteiger partial charge is 0.223 e.